The summed E-state index contributed by atoms with van der Waals surface area (Å²) in [5, 5.41) is 10.3. The highest BCUT2D eigenvalue weighted by Gasteiger charge is 2.24. The summed E-state index contributed by atoms with van der Waals surface area (Å²) in [5.41, 5.74) is 3.17. The zero-order valence-electron chi connectivity index (χ0n) is 16.7. The van der Waals surface area contributed by atoms with Crippen LogP contribution < -0.4 is 5.56 Å². The zero-order valence-corrected chi connectivity index (χ0v) is 18.3. The van der Waals surface area contributed by atoms with Crippen molar-refractivity contribution in [3.05, 3.63) is 50.6 Å². The van der Waals surface area contributed by atoms with E-state index in [1.165, 1.54) is 22.2 Å². The summed E-state index contributed by atoms with van der Waals surface area (Å²) in [6, 6.07) is 7.98. The van der Waals surface area contributed by atoms with Crippen LogP contribution in [-0.4, -0.2) is 58.7 Å². The van der Waals surface area contributed by atoms with Gasteiger partial charge < -0.3 is 14.7 Å². The first-order chi connectivity index (χ1) is 14.1. The average Bonchev–Trinajstić information content (AvgIpc) is 3.06. The fourth-order valence-electron chi connectivity index (χ4n) is 3.53. The fourth-order valence-corrected chi connectivity index (χ4v) is 5.73. The van der Waals surface area contributed by atoms with E-state index in [9.17, 15) is 4.79 Å². The van der Waals surface area contributed by atoms with Crippen molar-refractivity contribution in [2.24, 2.45) is 0 Å². The smallest absolute Gasteiger partial charge is 0.267 e. The Balaban J connectivity index is 1.80. The predicted octanol–water partition coefficient (Wildman–Crippen LogP) is 2.84. The van der Waals surface area contributed by atoms with Gasteiger partial charge in [0.2, 0.25) is 0 Å². The van der Waals surface area contributed by atoms with E-state index in [2.05, 4.69) is 11.9 Å². The second kappa shape index (κ2) is 8.97. The van der Waals surface area contributed by atoms with E-state index in [4.69, 9.17) is 14.8 Å². The molecular formula is C21H25N3O3S2. The standard InChI is InChI=1S/C21H25N3O3S2/c1-14-3-5-15(6-4-14)24-20(26)18-16-7-8-23(2)13-17(16)29-19(18)22-21(24)28-12-11-27-10-9-25/h3-6,25H,7-13H2,1-2H3. The van der Waals surface area contributed by atoms with Crippen molar-refractivity contribution >= 4 is 33.3 Å². The molecule has 0 atom stereocenters. The number of thiophene rings is 1. The number of hydrogen-bond acceptors (Lipinski definition) is 7. The van der Waals surface area contributed by atoms with Gasteiger partial charge in [-0.05, 0) is 38.1 Å². The molecule has 1 N–H and O–H groups in total. The van der Waals surface area contributed by atoms with E-state index >= 15 is 0 Å². The molecule has 154 valence electrons. The molecule has 1 aliphatic rings. The second-order valence-electron chi connectivity index (χ2n) is 7.23. The molecule has 0 amide bonds. The number of aliphatic hydroxyl groups excluding tert-OH is 1. The number of benzene rings is 1. The Hall–Kier alpha value is -1.71. The van der Waals surface area contributed by atoms with Crippen LogP contribution in [0, 0.1) is 6.92 Å². The molecule has 8 heteroatoms. The maximum atomic E-state index is 13.6. The number of hydrogen-bond donors (Lipinski definition) is 1. The average molecular weight is 432 g/mol. The van der Waals surface area contributed by atoms with Crippen LogP contribution in [0.4, 0.5) is 0 Å². The summed E-state index contributed by atoms with van der Waals surface area (Å²) in [6.07, 6.45) is 0.887. The highest BCUT2D eigenvalue weighted by Crippen LogP contribution is 2.33. The first-order valence-corrected chi connectivity index (χ1v) is 11.5. The van der Waals surface area contributed by atoms with Crippen molar-refractivity contribution in [2.75, 3.05) is 39.2 Å². The van der Waals surface area contributed by atoms with Crippen molar-refractivity contribution < 1.29 is 9.84 Å². The summed E-state index contributed by atoms with van der Waals surface area (Å²) in [5.74, 6) is 0.664. The topological polar surface area (TPSA) is 67.6 Å². The Labute approximate surface area is 178 Å². The molecule has 0 aliphatic carbocycles. The van der Waals surface area contributed by atoms with Gasteiger partial charge in [0.05, 0.1) is 30.9 Å². The summed E-state index contributed by atoms with van der Waals surface area (Å²) in [7, 11) is 2.11. The Morgan fingerprint density at radius 1 is 1.28 bits per heavy atom. The van der Waals surface area contributed by atoms with Crippen LogP contribution in [0.5, 0.6) is 0 Å². The van der Waals surface area contributed by atoms with Crippen LogP contribution >= 0.6 is 23.1 Å². The summed E-state index contributed by atoms with van der Waals surface area (Å²) in [6.45, 7) is 4.70. The fraction of sp³-hybridized carbons (Fsp3) is 0.429. The zero-order chi connectivity index (χ0) is 20.4. The number of rotatable bonds is 7. The lowest BCUT2D eigenvalue weighted by atomic mass is 10.1. The van der Waals surface area contributed by atoms with Gasteiger partial charge in [-0.2, -0.15) is 0 Å². The van der Waals surface area contributed by atoms with E-state index in [1.54, 1.807) is 15.9 Å². The molecule has 1 aromatic carbocycles. The number of aryl methyl sites for hydroxylation is 1. The van der Waals surface area contributed by atoms with E-state index in [0.29, 0.717) is 24.1 Å². The maximum Gasteiger partial charge on any atom is 0.267 e. The minimum Gasteiger partial charge on any atom is -0.394 e. The predicted molar refractivity (Wildman–Crippen MR) is 119 cm³/mol. The Morgan fingerprint density at radius 2 is 2.07 bits per heavy atom. The third-order valence-corrected chi connectivity index (χ3v) is 7.03. The number of aliphatic hydroxyl groups is 1. The van der Waals surface area contributed by atoms with E-state index < -0.39 is 0 Å². The van der Waals surface area contributed by atoms with Gasteiger partial charge in [0.1, 0.15) is 4.83 Å². The van der Waals surface area contributed by atoms with E-state index in [-0.39, 0.29) is 12.2 Å². The van der Waals surface area contributed by atoms with Gasteiger partial charge in [-0.3, -0.25) is 9.36 Å². The van der Waals surface area contributed by atoms with Crippen LogP contribution in [0.2, 0.25) is 0 Å². The third kappa shape index (κ3) is 4.27. The second-order valence-corrected chi connectivity index (χ2v) is 9.37. The quantitative estimate of drug-likeness (QED) is 0.353. The van der Waals surface area contributed by atoms with Crippen molar-refractivity contribution in [3.63, 3.8) is 0 Å². The molecule has 0 saturated heterocycles. The molecule has 29 heavy (non-hydrogen) atoms. The van der Waals surface area contributed by atoms with E-state index in [0.717, 1.165) is 41.0 Å². The van der Waals surface area contributed by atoms with Gasteiger partial charge in [-0.25, -0.2) is 4.98 Å². The van der Waals surface area contributed by atoms with Crippen molar-refractivity contribution in [3.8, 4) is 5.69 Å². The van der Waals surface area contributed by atoms with Gasteiger partial charge in [-0.15, -0.1) is 11.3 Å². The molecule has 6 nitrogen and oxygen atoms in total. The molecule has 0 unspecified atom stereocenters. The molecule has 0 spiro atoms. The lowest BCUT2D eigenvalue weighted by molar-refractivity contribution is 0.103. The molecule has 1 aliphatic heterocycles. The first-order valence-electron chi connectivity index (χ1n) is 9.72. The number of aromatic nitrogens is 2. The minimum atomic E-state index is 0.0120. The molecular weight excluding hydrogens is 406 g/mol. The molecule has 3 heterocycles. The largest absolute Gasteiger partial charge is 0.394 e. The van der Waals surface area contributed by atoms with Gasteiger partial charge in [0.25, 0.3) is 5.56 Å². The Kier molecular flexibility index (Phi) is 6.36. The number of thioether (sulfide) groups is 1. The number of ether oxygens (including phenoxy) is 1. The molecule has 0 saturated carbocycles. The third-order valence-electron chi connectivity index (χ3n) is 5.02. The molecule has 0 radical (unpaired) electrons. The normalized spacial score (nSPS) is 14.4. The molecule has 3 aromatic rings. The lowest BCUT2D eigenvalue weighted by Crippen LogP contribution is -2.27. The number of fused-ring (bicyclic) bond motifs is 3. The van der Waals surface area contributed by atoms with E-state index in [1.807, 2.05) is 31.2 Å². The Bertz CT molecular complexity index is 1060. The molecule has 0 bridgehead atoms. The summed E-state index contributed by atoms with van der Waals surface area (Å²) >= 11 is 3.16. The highest BCUT2D eigenvalue weighted by molar-refractivity contribution is 7.99. The number of nitrogens with zero attached hydrogens (tertiary/aromatic N) is 3. The number of likely N-dealkylation sites (N-methyl/N-ethyl adjacent to an activating group) is 1. The van der Waals surface area contributed by atoms with Gasteiger partial charge in [0.15, 0.2) is 5.16 Å². The van der Waals surface area contributed by atoms with Crippen molar-refractivity contribution in [1.29, 1.82) is 0 Å². The lowest BCUT2D eigenvalue weighted by Gasteiger charge is -2.21. The van der Waals surface area contributed by atoms with Gasteiger partial charge >= 0.3 is 0 Å². The highest BCUT2D eigenvalue weighted by atomic mass is 32.2. The monoisotopic (exact) mass is 431 g/mol. The first kappa shape index (κ1) is 20.6. The van der Waals surface area contributed by atoms with Crippen molar-refractivity contribution in [2.45, 2.75) is 25.0 Å². The summed E-state index contributed by atoms with van der Waals surface area (Å²) in [4.78, 5) is 22.9. The van der Waals surface area contributed by atoms with Crippen LogP contribution in [0.1, 0.15) is 16.0 Å². The Morgan fingerprint density at radius 3 is 2.83 bits per heavy atom. The summed E-state index contributed by atoms with van der Waals surface area (Å²) < 4.78 is 7.11. The van der Waals surface area contributed by atoms with Gasteiger partial charge in [-0.1, -0.05) is 29.5 Å². The minimum absolute atomic E-state index is 0.0120. The van der Waals surface area contributed by atoms with Crippen LogP contribution in [0.15, 0.2) is 34.2 Å². The molecule has 4 rings (SSSR count). The van der Waals surface area contributed by atoms with Crippen LogP contribution in [0.25, 0.3) is 15.9 Å². The van der Waals surface area contributed by atoms with Gasteiger partial charge in [0, 0.05) is 23.7 Å². The van der Waals surface area contributed by atoms with Crippen LogP contribution in [-0.2, 0) is 17.7 Å². The SMILES string of the molecule is Cc1ccc(-n2c(SCCOCCO)nc3sc4c(c3c2=O)CCN(C)C4)cc1. The molecule has 0 fully saturated rings. The maximum absolute atomic E-state index is 13.6. The van der Waals surface area contributed by atoms with Crippen molar-refractivity contribution in [1.82, 2.24) is 14.5 Å². The molecule has 2 aromatic heterocycles. The van der Waals surface area contributed by atoms with Crippen LogP contribution in [0.3, 0.4) is 0 Å².